The molecule has 0 aliphatic carbocycles. The number of fused-ring (bicyclic) bond motifs is 1. The second kappa shape index (κ2) is 4.57. The van der Waals surface area contributed by atoms with Gasteiger partial charge in [-0.2, -0.15) is 0 Å². The summed E-state index contributed by atoms with van der Waals surface area (Å²) in [4.78, 5) is 13.7. The number of aromatic nitrogens is 3. The first kappa shape index (κ1) is 11.6. The first-order valence-corrected chi connectivity index (χ1v) is 5.67. The predicted molar refractivity (Wildman–Crippen MR) is 66.2 cm³/mol. The number of H-pyrrole nitrogens is 1. The van der Waals surface area contributed by atoms with E-state index in [1.807, 2.05) is 14.1 Å². The molecule has 0 amide bonds. The van der Waals surface area contributed by atoms with E-state index < -0.39 is 0 Å². The fraction of sp³-hybridized carbons (Fsp3) is 0.400. The van der Waals surface area contributed by atoms with Gasteiger partial charge in [0, 0.05) is 13.0 Å². The van der Waals surface area contributed by atoms with Crippen LogP contribution in [0.4, 0.5) is 0 Å². The van der Waals surface area contributed by atoms with Crippen molar-refractivity contribution in [1.82, 2.24) is 19.9 Å². The molecule has 0 radical (unpaired) electrons. The third-order valence-electron chi connectivity index (χ3n) is 2.23. The fourth-order valence-corrected chi connectivity index (χ4v) is 1.68. The maximum atomic E-state index is 5.87. The van der Waals surface area contributed by atoms with E-state index in [1.54, 1.807) is 6.07 Å². The van der Waals surface area contributed by atoms with E-state index in [0.29, 0.717) is 15.8 Å². The van der Waals surface area contributed by atoms with Crippen molar-refractivity contribution >= 4 is 34.4 Å². The summed E-state index contributed by atoms with van der Waals surface area (Å²) in [5.74, 6) is 0.898. The molecular weight excluding hydrogens is 247 g/mol. The Kier molecular flexibility index (Phi) is 3.33. The number of imidazole rings is 1. The number of rotatable bonds is 3. The summed E-state index contributed by atoms with van der Waals surface area (Å²) in [5.41, 5.74) is 1.44. The lowest BCUT2D eigenvalue weighted by molar-refractivity contribution is 0.410. The lowest BCUT2D eigenvalue weighted by Gasteiger charge is -2.06. The minimum atomic E-state index is 0.292. The van der Waals surface area contributed by atoms with Crippen LogP contribution in [0.2, 0.25) is 10.2 Å². The number of likely N-dealkylation sites (N-methyl/N-ethyl adjacent to an activating group) is 1. The number of halogens is 2. The normalized spacial score (nSPS) is 11.6. The van der Waals surface area contributed by atoms with Crippen molar-refractivity contribution in [3.8, 4) is 0 Å². The van der Waals surface area contributed by atoms with Crippen LogP contribution in [0.3, 0.4) is 0 Å². The van der Waals surface area contributed by atoms with E-state index in [2.05, 4.69) is 19.9 Å². The highest BCUT2D eigenvalue weighted by Crippen LogP contribution is 2.23. The van der Waals surface area contributed by atoms with Crippen LogP contribution in [0, 0.1) is 0 Å². The first-order chi connectivity index (χ1) is 7.56. The maximum Gasteiger partial charge on any atom is 0.179 e. The zero-order valence-corrected chi connectivity index (χ0v) is 10.6. The number of aromatic amines is 1. The van der Waals surface area contributed by atoms with Gasteiger partial charge in [-0.3, -0.25) is 0 Å². The van der Waals surface area contributed by atoms with Crippen LogP contribution in [0.5, 0.6) is 0 Å². The quantitative estimate of drug-likeness (QED) is 0.860. The Balaban J connectivity index is 2.29. The van der Waals surface area contributed by atoms with E-state index in [1.165, 1.54) is 0 Å². The summed E-state index contributed by atoms with van der Waals surface area (Å²) < 4.78 is 0. The van der Waals surface area contributed by atoms with Crippen LogP contribution < -0.4 is 0 Å². The highest BCUT2D eigenvalue weighted by molar-refractivity contribution is 6.41. The largest absolute Gasteiger partial charge is 0.341 e. The smallest absolute Gasteiger partial charge is 0.179 e. The molecule has 0 atom stereocenters. The Bertz CT molecular complexity index is 468. The fourth-order valence-electron chi connectivity index (χ4n) is 1.39. The Morgan fingerprint density at radius 3 is 2.75 bits per heavy atom. The van der Waals surface area contributed by atoms with Gasteiger partial charge in [0.25, 0.3) is 0 Å². The van der Waals surface area contributed by atoms with E-state index >= 15 is 0 Å². The molecule has 2 aromatic rings. The zero-order valence-electron chi connectivity index (χ0n) is 9.09. The zero-order chi connectivity index (χ0) is 11.7. The highest BCUT2D eigenvalue weighted by Gasteiger charge is 2.08. The predicted octanol–water partition coefficient (Wildman–Crippen LogP) is 2.37. The van der Waals surface area contributed by atoms with Gasteiger partial charge < -0.3 is 9.88 Å². The molecular formula is C10H12Cl2N4. The summed E-state index contributed by atoms with van der Waals surface area (Å²) in [6.45, 7) is 0.932. The van der Waals surface area contributed by atoms with Crippen molar-refractivity contribution in [2.75, 3.05) is 20.6 Å². The van der Waals surface area contributed by atoms with Crippen LogP contribution >= 0.6 is 23.2 Å². The summed E-state index contributed by atoms with van der Waals surface area (Å²) >= 11 is 11.7. The molecule has 16 heavy (non-hydrogen) atoms. The lowest BCUT2D eigenvalue weighted by atomic mass is 10.4. The number of hydrogen-bond donors (Lipinski definition) is 1. The minimum absolute atomic E-state index is 0.292. The van der Waals surface area contributed by atoms with E-state index in [9.17, 15) is 0 Å². The molecule has 0 aliphatic heterocycles. The molecule has 6 heteroatoms. The van der Waals surface area contributed by atoms with Crippen molar-refractivity contribution < 1.29 is 0 Å². The molecule has 0 spiro atoms. The number of nitrogens with one attached hydrogen (secondary N) is 1. The molecule has 1 N–H and O–H groups in total. The first-order valence-electron chi connectivity index (χ1n) is 4.91. The average molecular weight is 259 g/mol. The topological polar surface area (TPSA) is 44.8 Å². The summed E-state index contributed by atoms with van der Waals surface area (Å²) in [7, 11) is 4.04. The number of pyridine rings is 1. The molecule has 2 aromatic heterocycles. The Hall–Kier alpha value is -0.840. The monoisotopic (exact) mass is 258 g/mol. The molecule has 4 nitrogen and oxygen atoms in total. The van der Waals surface area contributed by atoms with Crippen LogP contribution in [0.25, 0.3) is 11.2 Å². The molecule has 0 bridgehead atoms. The van der Waals surface area contributed by atoms with E-state index in [-0.39, 0.29) is 0 Å². The summed E-state index contributed by atoms with van der Waals surface area (Å²) in [6.07, 6.45) is 0.846. The maximum absolute atomic E-state index is 5.87. The molecule has 2 rings (SSSR count). The van der Waals surface area contributed by atoms with Crippen LogP contribution in [0.1, 0.15) is 5.82 Å². The van der Waals surface area contributed by atoms with E-state index in [4.69, 9.17) is 23.2 Å². The number of nitrogens with zero attached hydrogens (tertiary/aromatic N) is 3. The van der Waals surface area contributed by atoms with Gasteiger partial charge >= 0.3 is 0 Å². The molecule has 0 saturated carbocycles. The Morgan fingerprint density at radius 1 is 1.31 bits per heavy atom. The highest BCUT2D eigenvalue weighted by atomic mass is 35.5. The summed E-state index contributed by atoms with van der Waals surface area (Å²) in [5, 5.41) is 0.733. The van der Waals surface area contributed by atoms with Gasteiger partial charge in [-0.25, -0.2) is 9.97 Å². The van der Waals surface area contributed by atoms with Gasteiger partial charge in [0.1, 0.15) is 11.0 Å². The standard InChI is InChI=1S/C10H12Cl2N4/c1-16(2)4-3-8-13-7-5-6(11)9(12)15-10(7)14-8/h5H,3-4H2,1-2H3,(H,13,14,15). The summed E-state index contributed by atoms with van der Waals surface area (Å²) in [6, 6.07) is 1.75. The van der Waals surface area contributed by atoms with Crippen molar-refractivity contribution in [2.45, 2.75) is 6.42 Å². The van der Waals surface area contributed by atoms with Crippen molar-refractivity contribution in [2.24, 2.45) is 0 Å². The van der Waals surface area contributed by atoms with Crippen LogP contribution in [0.15, 0.2) is 6.07 Å². The van der Waals surface area contributed by atoms with Crippen molar-refractivity contribution in [3.05, 3.63) is 22.1 Å². The Morgan fingerprint density at radius 2 is 2.06 bits per heavy atom. The SMILES string of the molecule is CN(C)CCc1nc2nc(Cl)c(Cl)cc2[nH]1. The minimum Gasteiger partial charge on any atom is -0.341 e. The molecule has 0 saturated heterocycles. The Labute approximate surface area is 104 Å². The van der Waals surface area contributed by atoms with Crippen LogP contribution in [-0.4, -0.2) is 40.5 Å². The van der Waals surface area contributed by atoms with Gasteiger partial charge in [-0.05, 0) is 20.2 Å². The van der Waals surface area contributed by atoms with Gasteiger partial charge in [-0.15, -0.1) is 0 Å². The lowest BCUT2D eigenvalue weighted by Crippen LogP contribution is -2.15. The van der Waals surface area contributed by atoms with E-state index in [0.717, 1.165) is 24.3 Å². The molecule has 0 aliphatic rings. The van der Waals surface area contributed by atoms with Gasteiger partial charge in [0.05, 0.1) is 10.5 Å². The molecule has 0 fully saturated rings. The third kappa shape index (κ3) is 2.45. The van der Waals surface area contributed by atoms with Gasteiger partial charge in [0.15, 0.2) is 5.65 Å². The molecule has 0 unspecified atom stereocenters. The van der Waals surface area contributed by atoms with Crippen LogP contribution in [-0.2, 0) is 6.42 Å². The second-order valence-corrected chi connectivity index (χ2v) is 4.63. The molecule has 0 aromatic carbocycles. The molecule has 86 valence electrons. The second-order valence-electron chi connectivity index (χ2n) is 3.87. The number of hydrogen-bond acceptors (Lipinski definition) is 3. The average Bonchev–Trinajstić information content (AvgIpc) is 2.58. The van der Waals surface area contributed by atoms with Gasteiger partial charge in [-0.1, -0.05) is 23.2 Å². The van der Waals surface area contributed by atoms with Gasteiger partial charge in [0.2, 0.25) is 0 Å². The third-order valence-corrected chi connectivity index (χ3v) is 2.90. The van der Waals surface area contributed by atoms with Crippen molar-refractivity contribution in [3.63, 3.8) is 0 Å². The molecule has 2 heterocycles. The van der Waals surface area contributed by atoms with Crippen molar-refractivity contribution in [1.29, 1.82) is 0 Å².